The number of amides is 1. The summed E-state index contributed by atoms with van der Waals surface area (Å²) in [6.07, 6.45) is 0. The van der Waals surface area contributed by atoms with E-state index in [9.17, 15) is 24.7 Å². The zero-order chi connectivity index (χ0) is 21.0. The minimum atomic E-state index is -0.844. The Bertz CT molecular complexity index is 1070. The molecule has 2 aromatic carbocycles. The topological polar surface area (TPSA) is 108 Å². The standard InChI is InChI=1S/C20H15ClFN3O3/c1-11-3-4-17(22)14(5-11)10-25(2)20(28)15(9-24)18(26)12-6-13(8-23)19(27)16(21)7-12/h3-7,26-27H,10H2,1-2H3/b18-15-. The van der Waals surface area contributed by atoms with Crippen molar-refractivity contribution in [1.82, 2.24) is 4.90 Å². The SMILES string of the molecule is Cc1ccc(F)c(CN(C)C(=O)/C(C#N)=C(\O)c2cc(Cl)c(O)c(C#N)c2)c1. The molecule has 0 aliphatic rings. The van der Waals surface area contributed by atoms with E-state index < -0.39 is 28.8 Å². The second-order valence-electron chi connectivity index (χ2n) is 6.06. The average molecular weight is 400 g/mol. The van der Waals surface area contributed by atoms with Gasteiger partial charge in [0.05, 0.1) is 10.6 Å². The molecule has 0 heterocycles. The van der Waals surface area contributed by atoms with E-state index >= 15 is 0 Å². The van der Waals surface area contributed by atoms with Gasteiger partial charge in [-0.05, 0) is 25.1 Å². The van der Waals surface area contributed by atoms with Crippen molar-refractivity contribution >= 4 is 23.3 Å². The Hall–Kier alpha value is -3.55. The number of phenols is 1. The van der Waals surface area contributed by atoms with E-state index in [2.05, 4.69) is 0 Å². The lowest BCUT2D eigenvalue weighted by Crippen LogP contribution is -2.28. The Morgan fingerprint density at radius 3 is 2.57 bits per heavy atom. The van der Waals surface area contributed by atoms with E-state index in [4.69, 9.17) is 16.9 Å². The highest BCUT2D eigenvalue weighted by Gasteiger charge is 2.22. The first-order valence-corrected chi connectivity index (χ1v) is 8.34. The number of aryl methyl sites for hydroxylation is 1. The van der Waals surface area contributed by atoms with Crippen molar-refractivity contribution in [3.05, 3.63) is 69.0 Å². The van der Waals surface area contributed by atoms with Crippen LogP contribution < -0.4 is 0 Å². The van der Waals surface area contributed by atoms with Gasteiger partial charge in [0.25, 0.3) is 5.91 Å². The van der Waals surface area contributed by atoms with Crippen LogP contribution in [0.25, 0.3) is 5.76 Å². The number of carbonyl (C=O) groups is 1. The molecule has 0 aliphatic carbocycles. The van der Waals surface area contributed by atoms with Crippen LogP contribution in [0.3, 0.4) is 0 Å². The smallest absolute Gasteiger partial charge is 0.268 e. The number of aliphatic hydroxyl groups excluding tert-OH is 1. The van der Waals surface area contributed by atoms with Crippen molar-refractivity contribution < 1.29 is 19.4 Å². The van der Waals surface area contributed by atoms with Crippen LogP contribution in [-0.4, -0.2) is 28.1 Å². The van der Waals surface area contributed by atoms with E-state index in [1.54, 1.807) is 31.2 Å². The van der Waals surface area contributed by atoms with Crippen LogP contribution >= 0.6 is 11.6 Å². The number of aromatic hydroxyl groups is 1. The van der Waals surface area contributed by atoms with Gasteiger partial charge in [-0.1, -0.05) is 29.3 Å². The lowest BCUT2D eigenvalue weighted by Gasteiger charge is -2.18. The maximum absolute atomic E-state index is 13.9. The van der Waals surface area contributed by atoms with Gasteiger partial charge < -0.3 is 15.1 Å². The van der Waals surface area contributed by atoms with Gasteiger partial charge in [-0.15, -0.1) is 0 Å². The molecule has 0 spiro atoms. The van der Waals surface area contributed by atoms with Gasteiger partial charge in [0.15, 0.2) is 11.3 Å². The normalized spacial score (nSPS) is 11.2. The summed E-state index contributed by atoms with van der Waals surface area (Å²) in [6, 6.07) is 9.99. The minimum Gasteiger partial charge on any atom is -0.506 e. The maximum atomic E-state index is 13.9. The third-order valence-electron chi connectivity index (χ3n) is 3.98. The molecule has 0 bridgehead atoms. The summed E-state index contributed by atoms with van der Waals surface area (Å²) in [5, 5.41) is 38.2. The largest absolute Gasteiger partial charge is 0.506 e. The van der Waals surface area contributed by atoms with Crippen LogP contribution in [-0.2, 0) is 11.3 Å². The molecule has 0 unspecified atom stereocenters. The number of nitrogens with zero attached hydrogens (tertiary/aromatic N) is 3. The highest BCUT2D eigenvalue weighted by Crippen LogP contribution is 2.31. The summed E-state index contributed by atoms with van der Waals surface area (Å²) in [5.74, 6) is -2.52. The lowest BCUT2D eigenvalue weighted by molar-refractivity contribution is -0.126. The van der Waals surface area contributed by atoms with Crippen LogP contribution in [0.2, 0.25) is 5.02 Å². The van der Waals surface area contributed by atoms with E-state index in [-0.39, 0.29) is 28.3 Å². The van der Waals surface area contributed by atoms with E-state index in [1.165, 1.54) is 13.1 Å². The van der Waals surface area contributed by atoms with Gasteiger partial charge in [0.2, 0.25) is 0 Å². The average Bonchev–Trinajstić information content (AvgIpc) is 2.66. The molecule has 6 nitrogen and oxygen atoms in total. The van der Waals surface area contributed by atoms with Gasteiger partial charge in [-0.25, -0.2) is 4.39 Å². The first-order chi connectivity index (χ1) is 13.2. The van der Waals surface area contributed by atoms with Gasteiger partial charge in [0.1, 0.15) is 23.7 Å². The van der Waals surface area contributed by atoms with Gasteiger partial charge in [0, 0.05) is 24.7 Å². The molecule has 0 aliphatic heterocycles. The zero-order valence-corrected chi connectivity index (χ0v) is 15.8. The zero-order valence-electron chi connectivity index (χ0n) is 15.0. The molecule has 0 saturated carbocycles. The first kappa shape index (κ1) is 20.8. The number of halogens is 2. The molecule has 8 heteroatoms. The lowest BCUT2D eigenvalue weighted by atomic mass is 10.0. The van der Waals surface area contributed by atoms with E-state index in [0.29, 0.717) is 0 Å². The van der Waals surface area contributed by atoms with Crippen molar-refractivity contribution in [2.75, 3.05) is 7.05 Å². The summed E-state index contributed by atoms with van der Waals surface area (Å²) in [7, 11) is 1.36. The predicted octanol–water partition coefficient (Wildman–Crippen LogP) is 3.82. The fourth-order valence-corrected chi connectivity index (χ4v) is 2.73. The van der Waals surface area contributed by atoms with Crippen LogP contribution in [0, 0.1) is 35.4 Å². The number of nitriles is 2. The van der Waals surface area contributed by atoms with Crippen LogP contribution in [0.1, 0.15) is 22.3 Å². The summed E-state index contributed by atoms with van der Waals surface area (Å²) >= 11 is 5.82. The Labute approximate surface area is 165 Å². The number of rotatable bonds is 4. The molecule has 1 amide bonds. The molecule has 2 rings (SSSR count). The summed E-state index contributed by atoms with van der Waals surface area (Å²) in [5.41, 5.74) is 0.139. The van der Waals surface area contributed by atoms with Crippen molar-refractivity contribution in [3.63, 3.8) is 0 Å². The molecule has 0 aromatic heterocycles. The van der Waals surface area contributed by atoms with Crippen molar-refractivity contribution in [1.29, 1.82) is 10.5 Å². The number of carbonyl (C=O) groups excluding carboxylic acids is 1. The Balaban J connectivity index is 2.41. The van der Waals surface area contributed by atoms with Gasteiger partial charge >= 0.3 is 0 Å². The van der Waals surface area contributed by atoms with E-state index in [0.717, 1.165) is 22.6 Å². The maximum Gasteiger partial charge on any atom is 0.268 e. The van der Waals surface area contributed by atoms with Gasteiger partial charge in [-0.3, -0.25) is 4.79 Å². The number of likely N-dealkylation sites (N-methyl/N-ethyl adjacent to an activating group) is 1. The molecule has 2 N–H and O–H groups in total. The van der Waals surface area contributed by atoms with Crippen LogP contribution in [0.4, 0.5) is 4.39 Å². The molecule has 0 fully saturated rings. The quantitative estimate of drug-likeness (QED) is 0.461. The summed E-state index contributed by atoms with van der Waals surface area (Å²) in [6.45, 7) is 1.66. The van der Waals surface area contributed by atoms with Crippen molar-refractivity contribution in [3.8, 4) is 17.9 Å². The Morgan fingerprint density at radius 1 is 1.29 bits per heavy atom. The monoisotopic (exact) mass is 399 g/mol. The molecule has 142 valence electrons. The van der Waals surface area contributed by atoms with Crippen molar-refractivity contribution in [2.24, 2.45) is 0 Å². The fourth-order valence-electron chi connectivity index (χ4n) is 2.51. The predicted molar refractivity (Wildman–Crippen MR) is 101 cm³/mol. The minimum absolute atomic E-state index is 0.0839. The van der Waals surface area contributed by atoms with Crippen LogP contribution in [0.5, 0.6) is 5.75 Å². The molecule has 0 atom stereocenters. The summed E-state index contributed by atoms with van der Waals surface area (Å²) < 4.78 is 13.9. The van der Waals surface area contributed by atoms with Crippen LogP contribution in [0.15, 0.2) is 35.9 Å². The fraction of sp³-hybridized carbons (Fsp3) is 0.150. The molecular formula is C20H15ClFN3O3. The molecular weight excluding hydrogens is 385 g/mol. The first-order valence-electron chi connectivity index (χ1n) is 7.96. The number of hydrogen-bond acceptors (Lipinski definition) is 5. The number of benzene rings is 2. The third kappa shape index (κ3) is 4.22. The Kier molecular flexibility index (Phi) is 6.25. The van der Waals surface area contributed by atoms with Crippen molar-refractivity contribution in [2.45, 2.75) is 13.5 Å². The molecule has 28 heavy (non-hydrogen) atoms. The number of phenolic OH excluding ortho intramolecular Hbond substituents is 1. The second kappa shape index (κ2) is 8.43. The second-order valence-corrected chi connectivity index (χ2v) is 6.46. The molecule has 2 aromatic rings. The Morgan fingerprint density at radius 2 is 1.96 bits per heavy atom. The summed E-state index contributed by atoms with van der Waals surface area (Å²) in [4.78, 5) is 13.7. The van der Waals surface area contributed by atoms with Gasteiger partial charge in [-0.2, -0.15) is 10.5 Å². The number of hydrogen-bond donors (Lipinski definition) is 2. The van der Waals surface area contributed by atoms with E-state index in [1.807, 2.05) is 0 Å². The highest BCUT2D eigenvalue weighted by atomic mass is 35.5. The number of aliphatic hydroxyl groups is 1. The third-order valence-corrected chi connectivity index (χ3v) is 4.26. The molecule has 0 saturated heterocycles. The highest BCUT2D eigenvalue weighted by molar-refractivity contribution is 6.32. The molecule has 0 radical (unpaired) electrons.